The fraction of sp³-hybridized carbons (Fsp3) is 0.346. The molecule has 0 bridgehead atoms. The van der Waals surface area contributed by atoms with Crippen LogP contribution in [-0.4, -0.2) is 39.3 Å². The van der Waals surface area contributed by atoms with Crippen molar-refractivity contribution < 1.29 is 4.74 Å². The Labute approximate surface area is 193 Å². The summed E-state index contributed by atoms with van der Waals surface area (Å²) in [7, 11) is 1.61. The Bertz CT molecular complexity index is 1220. The smallest absolute Gasteiger partial charge is 0.224 e. The fourth-order valence-corrected chi connectivity index (χ4v) is 4.72. The number of aliphatic imine (C=N–C) groups is 1. The van der Waals surface area contributed by atoms with Crippen LogP contribution >= 0.6 is 0 Å². The first-order chi connectivity index (χ1) is 16.1. The molecule has 168 valence electrons. The molecule has 1 atom stereocenters. The lowest BCUT2D eigenvalue weighted by molar-refractivity contribution is 0.286. The van der Waals surface area contributed by atoms with Crippen LogP contribution in [0.4, 0.5) is 0 Å². The molecule has 1 aliphatic carbocycles. The van der Waals surface area contributed by atoms with Crippen molar-refractivity contribution in [2.75, 3.05) is 7.11 Å². The molecule has 2 N–H and O–H groups in total. The molecule has 7 heteroatoms. The van der Waals surface area contributed by atoms with E-state index in [1.54, 1.807) is 13.3 Å². The quantitative estimate of drug-likeness (QED) is 0.550. The summed E-state index contributed by atoms with van der Waals surface area (Å²) in [5.74, 6) is 2.68. The summed E-state index contributed by atoms with van der Waals surface area (Å²) in [6.07, 6.45) is 10.8. The van der Waals surface area contributed by atoms with Crippen molar-refractivity contribution in [1.29, 1.82) is 5.41 Å². The van der Waals surface area contributed by atoms with Gasteiger partial charge in [-0.05, 0) is 54.5 Å². The highest BCUT2D eigenvalue weighted by Gasteiger charge is 2.43. The number of nitrogens with zero attached hydrogens (tertiary/aromatic N) is 4. The van der Waals surface area contributed by atoms with E-state index < -0.39 is 0 Å². The molecule has 5 rings (SSSR count). The molecule has 1 aromatic carbocycles. The van der Waals surface area contributed by atoms with E-state index in [2.05, 4.69) is 57.4 Å². The van der Waals surface area contributed by atoms with Crippen LogP contribution in [0.2, 0.25) is 0 Å². The zero-order valence-corrected chi connectivity index (χ0v) is 19.0. The highest BCUT2D eigenvalue weighted by Crippen LogP contribution is 2.48. The van der Waals surface area contributed by atoms with Gasteiger partial charge in [0, 0.05) is 18.3 Å². The van der Waals surface area contributed by atoms with Gasteiger partial charge in [0.05, 0.1) is 18.1 Å². The van der Waals surface area contributed by atoms with Crippen molar-refractivity contribution >= 4 is 17.6 Å². The molecule has 0 spiro atoms. The van der Waals surface area contributed by atoms with Gasteiger partial charge in [0.15, 0.2) is 5.82 Å². The van der Waals surface area contributed by atoms with Crippen LogP contribution in [0.15, 0.2) is 53.7 Å². The average Bonchev–Trinajstić information content (AvgIpc) is 3.23. The van der Waals surface area contributed by atoms with Gasteiger partial charge in [-0.15, -0.1) is 0 Å². The fourth-order valence-electron chi connectivity index (χ4n) is 4.72. The molecule has 3 aromatic rings. The molecular weight excluding hydrogens is 412 g/mol. The third-order valence-corrected chi connectivity index (χ3v) is 6.97. The zero-order valence-electron chi connectivity index (χ0n) is 19.0. The van der Waals surface area contributed by atoms with Crippen molar-refractivity contribution in [1.82, 2.24) is 20.2 Å². The number of aromatic nitrogens is 4. The van der Waals surface area contributed by atoms with E-state index in [0.29, 0.717) is 17.5 Å². The van der Waals surface area contributed by atoms with Crippen LogP contribution in [0.5, 0.6) is 5.88 Å². The Morgan fingerprint density at radius 3 is 2.70 bits per heavy atom. The van der Waals surface area contributed by atoms with Crippen molar-refractivity contribution in [2.24, 2.45) is 10.9 Å². The number of nitrogens with one attached hydrogen (secondary N) is 2. The number of hydrogen-bond donors (Lipinski definition) is 2. The van der Waals surface area contributed by atoms with E-state index in [1.807, 2.05) is 18.3 Å². The van der Waals surface area contributed by atoms with Gasteiger partial charge in [-0.25, -0.2) is 15.0 Å². The predicted molar refractivity (Wildman–Crippen MR) is 130 cm³/mol. The van der Waals surface area contributed by atoms with Gasteiger partial charge in [0.25, 0.3) is 0 Å². The lowest BCUT2D eigenvalue weighted by atomic mass is 9.64. The van der Waals surface area contributed by atoms with Gasteiger partial charge in [0.2, 0.25) is 5.88 Å². The Morgan fingerprint density at radius 1 is 1.18 bits per heavy atom. The first-order valence-electron chi connectivity index (χ1n) is 11.5. The first-order valence-corrected chi connectivity index (χ1v) is 11.5. The van der Waals surface area contributed by atoms with Gasteiger partial charge in [-0.2, -0.15) is 5.10 Å². The first kappa shape index (κ1) is 21.2. The highest BCUT2D eigenvalue weighted by atomic mass is 16.5. The minimum Gasteiger partial charge on any atom is -0.480 e. The summed E-state index contributed by atoms with van der Waals surface area (Å²) in [6, 6.07) is 12.5. The molecule has 33 heavy (non-hydrogen) atoms. The lowest BCUT2D eigenvalue weighted by Gasteiger charge is -2.40. The predicted octanol–water partition coefficient (Wildman–Crippen LogP) is 5.21. The number of benzene rings is 1. The Hall–Kier alpha value is -3.61. The van der Waals surface area contributed by atoms with Crippen LogP contribution in [0, 0.1) is 11.3 Å². The van der Waals surface area contributed by atoms with Crippen molar-refractivity contribution in [2.45, 2.75) is 44.4 Å². The number of methoxy groups -OCH3 is 1. The zero-order chi connectivity index (χ0) is 22.8. The topological polar surface area (TPSA) is 99.9 Å². The molecular formula is C26H28N6O. The number of hydrogen-bond acceptors (Lipinski definition) is 5. The maximum Gasteiger partial charge on any atom is 0.224 e. The van der Waals surface area contributed by atoms with Crippen LogP contribution in [0.1, 0.15) is 56.0 Å². The van der Waals surface area contributed by atoms with Crippen LogP contribution in [0.3, 0.4) is 0 Å². The van der Waals surface area contributed by atoms with E-state index in [1.165, 1.54) is 5.56 Å². The molecule has 1 aliphatic heterocycles. The standard InChI is InChI=1S/C26H28N6O/c1-3-17-7-8-19(16-29-22(17)27)18-9-11-20(12-10-18)26(13-5-14-26)25-30-23(31-32-25)21-6-4-15-28-24(21)33-2/h4,6,8-12,15-17,27H,3,5,7,13-14H2,1-2H3,(H,30,31,32). The number of H-pyrrole nitrogens is 1. The molecule has 0 saturated heterocycles. The van der Waals surface area contributed by atoms with Crippen molar-refractivity contribution in [3.05, 3.63) is 65.6 Å². The Morgan fingerprint density at radius 2 is 2.00 bits per heavy atom. The molecule has 0 radical (unpaired) electrons. The summed E-state index contributed by atoms with van der Waals surface area (Å²) < 4.78 is 5.39. The lowest BCUT2D eigenvalue weighted by Crippen LogP contribution is -2.36. The SMILES string of the molecule is CCC1CC=C(c2ccc(C3(c4nc(-c5cccnc5OC)n[nH]4)CCC3)cc2)C=NC1=N. The van der Waals surface area contributed by atoms with E-state index in [9.17, 15) is 0 Å². The number of amidine groups is 1. The van der Waals surface area contributed by atoms with Crippen LogP contribution in [0.25, 0.3) is 17.0 Å². The van der Waals surface area contributed by atoms with Gasteiger partial charge >= 0.3 is 0 Å². The number of aromatic amines is 1. The molecule has 1 fully saturated rings. The van der Waals surface area contributed by atoms with E-state index in [0.717, 1.165) is 54.6 Å². The van der Waals surface area contributed by atoms with E-state index in [4.69, 9.17) is 15.1 Å². The normalized spacial score (nSPS) is 19.5. The molecule has 3 heterocycles. The molecule has 1 saturated carbocycles. The minimum atomic E-state index is -0.152. The molecule has 0 amide bonds. The number of ether oxygens (including phenoxy) is 1. The van der Waals surface area contributed by atoms with Gasteiger partial charge in [-0.3, -0.25) is 10.5 Å². The van der Waals surface area contributed by atoms with Crippen molar-refractivity contribution in [3.63, 3.8) is 0 Å². The largest absolute Gasteiger partial charge is 0.480 e. The Balaban J connectivity index is 1.43. The van der Waals surface area contributed by atoms with Crippen molar-refractivity contribution in [3.8, 4) is 17.3 Å². The Kier molecular flexibility index (Phi) is 5.62. The number of allylic oxidation sites excluding steroid dienone is 2. The second kappa shape index (κ2) is 8.73. The molecule has 2 aliphatic rings. The second-order valence-corrected chi connectivity index (χ2v) is 8.72. The molecule has 7 nitrogen and oxygen atoms in total. The molecule has 2 aromatic heterocycles. The van der Waals surface area contributed by atoms with E-state index >= 15 is 0 Å². The molecule has 1 unspecified atom stereocenters. The summed E-state index contributed by atoms with van der Waals surface area (Å²) in [4.78, 5) is 13.5. The maximum absolute atomic E-state index is 8.11. The summed E-state index contributed by atoms with van der Waals surface area (Å²) in [5, 5.41) is 15.8. The number of rotatable bonds is 6. The summed E-state index contributed by atoms with van der Waals surface area (Å²) in [6.45, 7) is 2.11. The number of pyridine rings is 1. The van der Waals surface area contributed by atoms with Gasteiger partial charge < -0.3 is 4.74 Å². The second-order valence-electron chi connectivity index (χ2n) is 8.72. The van der Waals surface area contributed by atoms with Gasteiger partial charge in [0.1, 0.15) is 11.7 Å². The van der Waals surface area contributed by atoms with Crippen LogP contribution < -0.4 is 4.74 Å². The van der Waals surface area contributed by atoms with Gasteiger partial charge in [-0.1, -0.05) is 43.7 Å². The third-order valence-electron chi connectivity index (χ3n) is 6.97. The third kappa shape index (κ3) is 3.77. The van der Waals surface area contributed by atoms with E-state index in [-0.39, 0.29) is 11.3 Å². The highest BCUT2D eigenvalue weighted by molar-refractivity contribution is 6.14. The van der Waals surface area contributed by atoms with Crippen LogP contribution in [-0.2, 0) is 5.41 Å². The summed E-state index contributed by atoms with van der Waals surface area (Å²) in [5.41, 5.74) is 4.07. The average molecular weight is 441 g/mol. The monoisotopic (exact) mass is 440 g/mol. The minimum absolute atomic E-state index is 0.152. The maximum atomic E-state index is 8.11. The summed E-state index contributed by atoms with van der Waals surface area (Å²) >= 11 is 0.